The number of carbonyl (C=O) groups excluding carboxylic acids is 1. The summed E-state index contributed by atoms with van der Waals surface area (Å²) < 4.78 is 0. The van der Waals surface area contributed by atoms with Crippen LogP contribution in [0.1, 0.15) is 28.7 Å². The van der Waals surface area contributed by atoms with Gasteiger partial charge in [-0.3, -0.25) is 9.89 Å². The highest BCUT2D eigenvalue weighted by Gasteiger charge is 2.15. The van der Waals surface area contributed by atoms with Crippen LogP contribution in [0.25, 0.3) is 10.9 Å². The van der Waals surface area contributed by atoms with E-state index < -0.39 is 0 Å². The number of amides is 1. The number of nitrogens with one attached hydrogen (secondary N) is 2. The molecule has 2 heterocycles. The maximum absolute atomic E-state index is 12.5. The fourth-order valence-electron chi connectivity index (χ4n) is 2.21. The zero-order chi connectivity index (χ0) is 14.8. The maximum Gasteiger partial charge on any atom is 0.258 e. The maximum atomic E-state index is 12.5. The molecule has 0 aliphatic carbocycles. The number of aromatic amines is 1. The number of benzene rings is 1. The van der Waals surface area contributed by atoms with E-state index in [1.807, 2.05) is 38.1 Å². The Morgan fingerprint density at radius 1 is 1.29 bits per heavy atom. The van der Waals surface area contributed by atoms with Crippen molar-refractivity contribution >= 4 is 22.6 Å². The van der Waals surface area contributed by atoms with Gasteiger partial charge in [-0.1, -0.05) is 19.1 Å². The van der Waals surface area contributed by atoms with Crippen LogP contribution in [0.3, 0.4) is 0 Å². The van der Waals surface area contributed by atoms with Crippen LogP contribution >= 0.6 is 0 Å². The van der Waals surface area contributed by atoms with Crippen LogP contribution in [0, 0.1) is 6.92 Å². The molecule has 0 fully saturated rings. The van der Waals surface area contributed by atoms with Crippen molar-refractivity contribution in [2.24, 2.45) is 0 Å². The number of fused-ring (bicyclic) bond motifs is 1. The molecular formula is C15H15N5O. The van der Waals surface area contributed by atoms with Gasteiger partial charge in [-0.25, -0.2) is 0 Å². The van der Waals surface area contributed by atoms with Gasteiger partial charge in [-0.05, 0) is 31.5 Å². The number of hydrogen-bond donors (Lipinski definition) is 2. The first-order valence-corrected chi connectivity index (χ1v) is 6.76. The highest BCUT2D eigenvalue weighted by Crippen LogP contribution is 2.20. The lowest BCUT2D eigenvalue weighted by molar-refractivity contribution is 0.102. The molecule has 2 N–H and O–H groups in total. The minimum Gasteiger partial charge on any atom is -0.304 e. The second-order valence-corrected chi connectivity index (χ2v) is 4.77. The molecule has 6 nitrogen and oxygen atoms in total. The number of hydrogen-bond acceptors (Lipinski definition) is 4. The molecule has 106 valence electrons. The monoisotopic (exact) mass is 281 g/mol. The Kier molecular flexibility index (Phi) is 3.35. The lowest BCUT2D eigenvalue weighted by atomic mass is 10.1. The van der Waals surface area contributed by atoms with E-state index in [4.69, 9.17) is 0 Å². The van der Waals surface area contributed by atoms with E-state index in [1.54, 1.807) is 6.07 Å². The van der Waals surface area contributed by atoms with Gasteiger partial charge in [0.1, 0.15) is 0 Å². The van der Waals surface area contributed by atoms with E-state index in [2.05, 4.69) is 25.7 Å². The molecule has 2 aromatic heterocycles. The van der Waals surface area contributed by atoms with E-state index >= 15 is 0 Å². The number of carbonyl (C=O) groups is 1. The van der Waals surface area contributed by atoms with Crippen molar-refractivity contribution in [1.29, 1.82) is 0 Å². The molecule has 0 bridgehead atoms. The number of rotatable bonds is 3. The van der Waals surface area contributed by atoms with E-state index in [0.717, 1.165) is 10.9 Å². The molecule has 1 aromatic carbocycles. The standard InChI is InChI=1S/C15H15N5O/c1-3-12-11(8-9(2)17-18-12)15(21)16-14-10-6-4-5-7-13(10)19-20-14/h4-8H,3H2,1-2H3,(H2,16,19,20,21). The first kappa shape index (κ1) is 13.2. The lowest BCUT2D eigenvalue weighted by Gasteiger charge is -2.07. The van der Waals surface area contributed by atoms with Crippen LogP contribution in [-0.4, -0.2) is 26.3 Å². The van der Waals surface area contributed by atoms with Gasteiger partial charge in [0.15, 0.2) is 5.82 Å². The van der Waals surface area contributed by atoms with Crippen LogP contribution in [-0.2, 0) is 6.42 Å². The molecule has 3 aromatic rings. The van der Waals surface area contributed by atoms with Crippen molar-refractivity contribution in [2.45, 2.75) is 20.3 Å². The normalized spacial score (nSPS) is 10.8. The molecule has 0 saturated heterocycles. The molecule has 0 radical (unpaired) electrons. The number of aromatic nitrogens is 4. The van der Waals surface area contributed by atoms with Gasteiger partial charge in [-0.15, -0.1) is 0 Å². The smallest absolute Gasteiger partial charge is 0.258 e. The van der Waals surface area contributed by atoms with Crippen LogP contribution in [0.4, 0.5) is 5.82 Å². The summed E-state index contributed by atoms with van der Waals surface area (Å²) in [6.07, 6.45) is 0.650. The summed E-state index contributed by atoms with van der Waals surface area (Å²) in [5, 5.41) is 18.8. The SMILES string of the molecule is CCc1nnc(C)cc1C(=O)Nc1n[nH]c2ccccc12. The Morgan fingerprint density at radius 3 is 2.90 bits per heavy atom. The molecular weight excluding hydrogens is 266 g/mol. The van der Waals surface area contributed by atoms with Gasteiger partial charge in [0.2, 0.25) is 0 Å². The third-order valence-electron chi connectivity index (χ3n) is 3.27. The highest BCUT2D eigenvalue weighted by molar-refractivity contribution is 6.08. The van der Waals surface area contributed by atoms with E-state index in [-0.39, 0.29) is 5.91 Å². The van der Waals surface area contributed by atoms with Crippen molar-refractivity contribution in [1.82, 2.24) is 20.4 Å². The summed E-state index contributed by atoms with van der Waals surface area (Å²) in [6, 6.07) is 9.38. The zero-order valence-corrected chi connectivity index (χ0v) is 11.8. The predicted molar refractivity (Wildman–Crippen MR) is 80.2 cm³/mol. The second kappa shape index (κ2) is 5.32. The minimum atomic E-state index is -0.220. The van der Waals surface area contributed by atoms with E-state index in [9.17, 15) is 4.79 Å². The topological polar surface area (TPSA) is 83.6 Å². The summed E-state index contributed by atoms with van der Waals surface area (Å²) in [4.78, 5) is 12.5. The molecule has 0 saturated carbocycles. The Hall–Kier alpha value is -2.76. The van der Waals surface area contributed by atoms with E-state index in [1.165, 1.54) is 0 Å². The Bertz CT molecular complexity index is 809. The number of H-pyrrole nitrogens is 1. The highest BCUT2D eigenvalue weighted by atomic mass is 16.1. The summed E-state index contributed by atoms with van der Waals surface area (Å²) in [6.45, 7) is 3.76. The van der Waals surface area contributed by atoms with Gasteiger partial charge in [0.05, 0.1) is 22.5 Å². The Balaban J connectivity index is 1.95. The summed E-state index contributed by atoms with van der Waals surface area (Å²) >= 11 is 0. The van der Waals surface area contributed by atoms with Gasteiger partial charge >= 0.3 is 0 Å². The number of aryl methyl sites for hydroxylation is 2. The largest absolute Gasteiger partial charge is 0.304 e. The number of nitrogens with zero attached hydrogens (tertiary/aromatic N) is 3. The fourth-order valence-corrected chi connectivity index (χ4v) is 2.21. The molecule has 6 heteroatoms. The summed E-state index contributed by atoms with van der Waals surface area (Å²) in [7, 11) is 0. The third kappa shape index (κ3) is 2.47. The van der Waals surface area contributed by atoms with Gasteiger partial charge in [0.25, 0.3) is 5.91 Å². The van der Waals surface area contributed by atoms with Crippen molar-refractivity contribution in [3.8, 4) is 0 Å². The molecule has 0 unspecified atom stereocenters. The molecule has 0 spiro atoms. The zero-order valence-electron chi connectivity index (χ0n) is 11.8. The molecule has 1 amide bonds. The van der Waals surface area contributed by atoms with Crippen LogP contribution in [0.15, 0.2) is 30.3 Å². The summed E-state index contributed by atoms with van der Waals surface area (Å²) in [5.74, 6) is 0.300. The average molecular weight is 281 g/mol. The molecule has 21 heavy (non-hydrogen) atoms. The lowest BCUT2D eigenvalue weighted by Crippen LogP contribution is -2.16. The van der Waals surface area contributed by atoms with Gasteiger partial charge in [0, 0.05) is 5.39 Å². The fraction of sp³-hybridized carbons (Fsp3) is 0.200. The number of anilines is 1. The molecule has 0 aliphatic rings. The molecule has 0 atom stereocenters. The van der Waals surface area contributed by atoms with Gasteiger partial charge < -0.3 is 5.32 Å². The first-order valence-electron chi connectivity index (χ1n) is 6.76. The average Bonchev–Trinajstić information content (AvgIpc) is 2.90. The van der Waals surface area contributed by atoms with Crippen molar-refractivity contribution in [3.05, 3.63) is 47.3 Å². The first-order chi connectivity index (χ1) is 10.2. The van der Waals surface area contributed by atoms with E-state index in [0.29, 0.717) is 29.2 Å². The summed E-state index contributed by atoms with van der Waals surface area (Å²) in [5.41, 5.74) is 2.81. The molecule has 3 rings (SSSR count). The van der Waals surface area contributed by atoms with Crippen molar-refractivity contribution in [3.63, 3.8) is 0 Å². The Labute approximate surface area is 121 Å². The predicted octanol–water partition coefficient (Wildman–Crippen LogP) is 2.48. The van der Waals surface area contributed by atoms with Crippen LogP contribution in [0.2, 0.25) is 0 Å². The van der Waals surface area contributed by atoms with Crippen molar-refractivity contribution < 1.29 is 4.79 Å². The third-order valence-corrected chi connectivity index (χ3v) is 3.27. The van der Waals surface area contributed by atoms with Crippen LogP contribution < -0.4 is 5.32 Å². The quantitative estimate of drug-likeness (QED) is 0.772. The molecule has 0 aliphatic heterocycles. The van der Waals surface area contributed by atoms with Crippen molar-refractivity contribution in [2.75, 3.05) is 5.32 Å². The Morgan fingerprint density at radius 2 is 2.10 bits per heavy atom. The second-order valence-electron chi connectivity index (χ2n) is 4.77. The van der Waals surface area contributed by atoms with Gasteiger partial charge in [-0.2, -0.15) is 15.3 Å². The van der Waals surface area contributed by atoms with Crippen LogP contribution in [0.5, 0.6) is 0 Å². The number of para-hydroxylation sites is 1. The minimum absolute atomic E-state index is 0.220.